The third-order valence-electron chi connectivity index (χ3n) is 5.69. The number of carbonyl (C=O) groups excluding carboxylic acids is 2. The summed E-state index contributed by atoms with van der Waals surface area (Å²) in [6, 6.07) is 10.9. The highest BCUT2D eigenvalue weighted by Crippen LogP contribution is 2.34. The largest absolute Gasteiger partial charge is 0.411 e. The minimum atomic E-state index is -4.09. The molecular formula is C26H26N4O5S. The number of imide groups is 1. The van der Waals surface area contributed by atoms with Crippen LogP contribution in [0.15, 0.2) is 70.3 Å². The van der Waals surface area contributed by atoms with Gasteiger partial charge in [-0.15, -0.1) is 0 Å². The van der Waals surface area contributed by atoms with Crippen molar-refractivity contribution in [2.45, 2.75) is 38.0 Å². The van der Waals surface area contributed by atoms with Crippen LogP contribution in [0, 0.1) is 11.3 Å². The smallest absolute Gasteiger partial charge is 0.264 e. The number of hydrogen-bond donors (Lipinski definition) is 2. The third-order valence-corrected chi connectivity index (χ3v) is 7.07. The zero-order valence-corrected chi connectivity index (χ0v) is 21.1. The summed E-state index contributed by atoms with van der Waals surface area (Å²) in [4.78, 5) is 27.4. The summed E-state index contributed by atoms with van der Waals surface area (Å²) in [5, 5.41) is 20.9. The second kappa shape index (κ2) is 10.2. The monoisotopic (exact) mass is 506 g/mol. The van der Waals surface area contributed by atoms with E-state index in [9.17, 15) is 23.3 Å². The molecule has 3 rings (SSSR count). The normalized spacial score (nSPS) is 14.5. The van der Waals surface area contributed by atoms with E-state index in [0.29, 0.717) is 5.57 Å². The van der Waals surface area contributed by atoms with Gasteiger partial charge in [0.2, 0.25) is 0 Å². The van der Waals surface area contributed by atoms with E-state index in [1.807, 2.05) is 26.8 Å². The van der Waals surface area contributed by atoms with Gasteiger partial charge in [0.1, 0.15) is 0 Å². The van der Waals surface area contributed by atoms with Crippen molar-refractivity contribution < 1.29 is 23.2 Å². The van der Waals surface area contributed by atoms with Gasteiger partial charge in [0.15, 0.2) is 0 Å². The molecule has 0 unspecified atom stereocenters. The fourth-order valence-electron chi connectivity index (χ4n) is 3.70. The number of benzene rings is 2. The Hall–Kier alpha value is -4.23. The minimum absolute atomic E-state index is 0.00544. The van der Waals surface area contributed by atoms with Crippen LogP contribution in [0.25, 0.3) is 0 Å². The van der Waals surface area contributed by atoms with E-state index in [1.54, 1.807) is 31.2 Å². The molecule has 0 atom stereocenters. The van der Waals surface area contributed by atoms with Crippen LogP contribution in [-0.4, -0.2) is 43.1 Å². The summed E-state index contributed by atoms with van der Waals surface area (Å²) >= 11 is 0. The van der Waals surface area contributed by atoms with Gasteiger partial charge in [0, 0.05) is 0 Å². The summed E-state index contributed by atoms with van der Waals surface area (Å²) in [6.07, 6.45) is 5.78. The molecule has 0 spiro atoms. The fourth-order valence-corrected chi connectivity index (χ4v) is 4.77. The molecule has 186 valence electrons. The van der Waals surface area contributed by atoms with E-state index in [0.717, 1.165) is 16.7 Å². The lowest BCUT2D eigenvalue weighted by Gasteiger charge is -2.19. The average molecular weight is 507 g/mol. The molecule has 2 N–H and O–H groups in total. The van der Waals surface area contributed by atoms with Gasteiger partial charge in [-0.25, -0.2) is 8.42 Å². The van der Waals surface area contributed by atoms with Crippen LogP contribution in [0.4, 0.5) is 5.69 Å². The predicted octanol–water partition coefficient (Wildman–Crippen LogP) is 4.22. The summed E-state index contributed by atoms with van der Waals surface area (Å²) in [5.74, 6) is -1.43. The van der Waals surface area contributed by atoms with Crippen molar-refractivity contribution in [2.24, 2.45) is 5.16 Å². The number of nitriles is 1. The Labute approximate surface area is 210 Å². The summed E-state index contributed by atoms with van der Waals surface area (Å²) in [7, 11) is -4.09. The lowest BCUT2D eigenvalue weighted by molar-refractivity contribution is 0.0669. The molecule has 9 nitrogen and oxygen atoms in total. The number of nitrogens with one attached hydrogen (secondary N) is 1. The second-order valence-electron chi connectivity index (χ2n) is 9.09. The molecule has 2 aromatic carbocycles. The molecule has 2 amide bonds. The van der Waals surface area contributed by atoms with Crippen molar-refractivity contribution in [3.05, 3.63) is 82.5 Å². The van der Waals surface area contributed by atoms with Crippen molar-refractivity contribution in [1.29, 1.82) is 5.26 Å². The topological polar surface area (TPSA) is 140 Å². The van der Waals surface area contributed by atoms with Gasteiger partial charge in [-0.05, 0) is 53.8 Å². The van der Waals surface area contributed by atoms with E-state index in [2.05, 4.69) is 9.88 Å². The third kappa shape index (κ3) is 5.21. The quantitative estimate of drug-likeness (QED) is 0.189. The number of fused-ring (bicyclic) bond motifs is 1. The Morgan fingerprint density at radius 3 is 2.31 bits per heavy atom. The molecule has 1 aliphatic heterocycles. The van der Waals surface area contributed by atoms with Gasteiger partial charge in [-0.3, -0.25) is 19.2 Å². The Morgan fingerprint density at radius 1 is 1.11 bits per heavy atom. The van der Waals surface area contributed by atoms with Crippen LogP contribution in [0.2, 0.25) is 0 Å². The van der Waals surface area contributed by atoms with E-state index >= 15 is 0 Å². The molecule has 0 aromatic heterocycles. The fraction of sp³-hybridized carbons (Fsp3) is 0.231. The number of allylic oxidation sites excluding steroid dienone is 2. The van der Waals surface area contributed by atoms with Crippen LogP contribution in [0.1, 0.15) is 59.5 Å². The lowest BCUT2D eigenvalue weighted by Crippen LogP contribution is -2.31. The Bertz CT molecular complexity index is 1440. The molecule has 1 heterocycles. The highest BCUT2D eigenvalue weighted by atomic mass is 32.2. The molecule has 0 radical (unpaired) electrons. The van der Waals surface area contributed by atoms with Crippen molar-refractivity contribution >= 4 is 33.7 Å². The Morgan fingerprint density at radius 2 is 1.75 bits per heavy atom. The molecule has 0 saturated carbocycles. The number of rotatable bonds is 7. The Balaban J connectivity index is 2.00. The molecule has 1 aliphatic rings. The van der Waals surface area contributed by atoms with Gasteiger partial charge >= 0.3 is 0 Å². The summed E-state index contributed by atoms with van der Waals surface area (Å²) in [6.45, 7) is 7.62. The van der Waals surface area contributed by atoms with Crippen LogP contribution in [0.3, 0.4) is 0 Å². The number of hydrogen-bond acceptors (Lipinski definition) is 7. The number of amides is 2. The second-order valence-corrected chi connectivity index (χ2v) is 10.8. The number of anilines is 1. The van der Waals surface area contributed by atoms with Gasteiger partial charge < -0.3 is 5.21 Å². The Kier molecular flexibility index (Phi) is 7.45. The summed E-state index contributed by atoms with van der Waals surface area (Å²) < 4.78 is 28.7. The average Bonchev–Trinajstić information content (AvgIpc) is 3.08. The number of oxime groups is 1. The molecule has 36 heavy (non-hydrogen) atoms. The predicted molar refractivity (Wildman–Crippen MR) is 136 cm³/mol. The van der Waals surface area contributed by atoms with E-state index in [1.165, 1.54) is 30.3 Å². The molecule has 10 heteroatoms. The highest BCUT2D eigenvalue weighted by molar-refractivity contribution is 7.92. The first-order valence-corrected chi connectivity index (χ1v) is 12.5. The molecular weight excluding hydrogens is 480 g/mol. The molecule has 0 aliphatic carbocycles. The van der Waals surface area contributed by atoms with Crippen LogP contribution >= 0.6 is 0 Å². The van der Waals surface area contributed by atoms with Gasteiger partial charge in [0.05, 0.1) is 46.1 Å². The van der Waals surface area contributed by atoms with E-state index < -0.39 is 21.8 Å². The number of carbonyl (C=O) groups is 2. The number of nitrogens with zero attached hydrogens (tertiary/aromatic N) is 3. The summed E-state index contributed by atoms with van der Waals surface area (Å²) in [5.41, 5.74) is 0.905. The first-order valence-electron chi connectivity index (χ1n) is 11.0. The molecule has 0 saturated heterocycles. The standard InChI is InChI=1S/C26H26N4O5S/c1-5-17(7-6-14-28-33)16-30-24(31)22-18(15-27)8-13-21(23(22)25(30)32)29-36(34,35)20-11-9-19(10-12-20)26(2,3)4/h5-14,29,33H,16H2,1-4H3/b7-6-,17-5+,28-14+. The van der Waals surface area contributed by atoms with E-state index in [-0.39, 0.29) is 39.2 Å². The van der Waals surface area contributed by atoms with Crippen molar-refractivity contribution in [1.82, 2.24) is 4.90 Å². The van der Waals surface area contributed by atoms with Gasteiger partial charge in [-0.1, -0.05) is 50.2 Å². The highest BCUT2D eigenvalue weighted by Gasteiger charge is 2.40. The van der Waals surface area contributed by atoms with Crippen LogP contribution < -0.4 is 4.72 Å². The number of sulfonamides is 1. The van der Waals surface area contributed by atoms with Crippen molar-refractivity contribution in [2.75, 3.05) is 11.3 Å². The minimum Gasteiger partial charge on any atom is -0.411 e. The molecule has 0 fully saturated rings. The van der Waals surface area contributed by atoms with Crippen LogP contribution in [-0.2, 0) is 15.4 Å². The van der Waals surface area contributed by atoms with Gasteiger partial charge in [-0.2, -0.15) is 5.26 Å². The first kappa shape index (κ1) is 26.4. The zero-order valence-electron chi connectivity index (χ0n) is 20.3. The van der Waals surface area contributed by atoms with Crippen molar-refractivity contribution in [3.63, 3.8) is 0 Å². The van der Waals surface area contributed by atoms with Crippen molar-refractivity contribution in [3.8, 4) is 6.07 Å². The maximum atomic E-state index is 13.3. The van der Waals surface area contributed by atoms with Crippen LogP contribution in [0.5, 0.6) is 0 Å². The first-order chi connectivity index (χ1) is 16.9. The maximum absolute atomic E-state index is 13.3. The molecule has 2 aromatic rings. The zero-order chi connectivity index (χ0) is 26.7. The SMILES string of the molecule is C\C=C(/C=C\C=N\O)CN1C(=O)c2c(C#N)ccc(NS(=O)(=O)c3ccc(C(C)(C)C)cc3)c2C1=O. The molecule has 0 bridgehead atoms. The van der Waals surface area contributed by atoms with Gasteiger partial charge in [0.25, 0.3) is 21.8 Å². The maximum Gasteiger partial charge on any atom is 0.264 e. The lowest BCUT2D eigenvalue weighted by atomic mass is 9.87. The van der Waals surface area contributed by atoms with E-state index in [4.69, 9.17) is 5.21 Å².